The third-order valence-corrected chi connectivity index (χ3v) is 4.31. The number of rotatable bonds is 4. The normalized spacial score (nSPS) is 10.3. The average Bonchev–Trinajstić information content (AvgIpc) is 2.14. The zero-order valence-corrected chi connectivity index (χ0v) is 13.2. The van der Waals surface area contributed by atoms with Crippen molar-refractivity contribution < 1.29 is 14.7 Å². The van der Waals surface area contributed by atoms with Gasteiger partial charge in [-0.05, 0) is 49.9 Å². The predicted molar refractivity (Wildman–Crippen MR) is 74.0 cm³/mol. The van der Waals surface area contributed by atoms with Crippen LogP contribution < -0.4 is 5.73 Å². The van der Waals surface area contributed by atoms with Gasteiger partial charge in [0.25, 0.3) is 5.91 Å². The Kier molecular flexibility index (Phi) is 5.15. The average molecular weight is 430 g/mol. The van der Waals surface area contributed by atoms with E-state index in [1.165, 1.54) is 0 Å². The van der Waals surface area contributed by atoms with E-state index in [0.717, 1.165) is 4.47 Å². The zero-order valence-electron chi connectivity index (χ0n) is 8.47. The maximum atomic E-state index is 11.3. The number of hydrogen-bond acceptors (Lipinski definition) is 2. The van der Waals surface area contributed by atoms with Crippen LogP contribution in [-0.2, 0) is 11.2 Å². The topological polar surface area (TPSA) is 80.4 Å². The van der Waals surface area contributed by atoms with Crippen molar-refractivity contribution in [1.29, 1.82) is 0 Å². The third-order valence-electron chi connectivity index (χ3n) is 2.10. The van der Waals surface area contributed by atoms with Gasteiger partial charge in [0.1, 0.15) is 0 Å². The van der Waals surface area contributed by atoms with Crippen molar-refractivity contribution in [3.05, 3.63) is 30.6 Å². The molecule has 1 rings (SSSR count). The quantitative estimate of drug-likeness (QED) is 0.771. The summed E-state index contributed by atoms with van der Waals surface area (Å²) in [4.78, 5) is 21.8. The summed E-state index contributed by atoms with van der Waals surface area (Å²) in [5.41, 5.74) is 6.29. The Hall–Kier alpha value is -0.400. The Morgan fingerprint density at radius 2 is 1.82 bits per heavy atom. The molecular formula is C10H8Br3NO3. The number of hydrogen-bond donors (Lipinski definition) is 2. The van der Waals surface area contributed by atoms with E-state index in [0.29, 0.717) is 26.5 Å². The maximum Gasteiger partial charge on any atom is 0.303 e. The highest BCUT2D eigenvalue weighted by Crippen LogP contribution is 2.35. The summed E-state index contributed by atoms with van der Waals surface area (Å²) in [6.45, 7) is 0. The molecule has 92 valence electrons. The lowest BCUT2D eigenvalue weighted by Crippen LogP contribution is -2.14. The van der Waals surface area contributed by atoms with E-state index in [1.54, 1.807) is 6.07 Å². The van der Waals surface area contributed by atoms with E-state index in [4.69, 9.17) is 10.8 Å². The molecule has 0 heterocycles. The molecule has 0 unspecified atom stereocenters. The summed E-state index contributed by atoms with van der Waals surface area (Å²) in [7, 11) is 0. The molecule has 1 aromatic rings. The fourth-order valence-electron chi connectivity index (χ4n) is 1.32. The largest absolute Gasteiger partial charge is 0.481 e. The SMILES string of the molecule is NC(=O)c1c(Br)cc(Br)c(CCC(=O)O)c1Br. The summed E-state index contributed by atoms with van der Waals surface area (Å²) in [5.74, 6) is -1.47. The molecule has 0 aliphatic rings. The Morgan fingerprint density at radius 3 is 2.29 bits per heavy atom. The molecule has 0 aliphatic carbocycles. The number of carbonyl (C=O) groups excluding carboxylic acids is 1. The van der Waals surface area contributed by atoms with Crippen LogP contribution in [0.1, 0.15) is 22.3 Å². The van der Waals surface area contributed by atoms with Crippen molar-refractivity contribution >= 4 is 59.7 Å². The molecule has 0 fully saturated rings. The molecule has 7 heteroatoms. The first-order valence-electron chi connectivity index (χ1n) is 4.52. The van der Waals surface area contributed by atoms with Gasteiger partial charge in [-0.1, -0.05) is 15.9 Å². The minimum atomic E-state index is -0.896. The standard InChI is InChI=1S/C10H8Br3NO3/c11-5-3-6(12)8(10(14)17)9(13)4(5)1-2-7(15)16/h3H,1-2H2,(H2,14,17)(H,15,16). The van der Waals surface area contributed by atoms with Crippen molar-refractivity contribution in [3.8, 4) is 0 Å². The van der Waals surface area contributed by atoms with Gasteiger partial charge in [-0.15, -0.1) is 0 Å². The number of carboxylic acid groups (broad SMARTS) is 1. The zero-order chi connectivity index (χ0) is 13.2. The molecule has 17 heavy (non-hydrogen) atoms. The highest BCUT2D eigenvalue weighted by atomic mass is 79.9. The fraction of sp³-hybridized carbons (Fsp3) is 0.200. The summed E-state index contributed by atoms with van der Waals surface area (Å²) in [5, 5.41) is 8.66. The Bertz CT molecular complexity index is 488. The van der Waals surface area contributed by atoms with Crippen molar-refractivity contribution in [2.24, 2.45) is 5.73 Å². The maximum absolute atomic E-state index is 11.3. The van der Waals surface area contributed by atoms with Crippen LogP contribution in [0.3, 0.4) is 0 Å². The van der Waals surface area contributed by atoms with Crippen LogP contribution in [0.5, 0.6) is 0 Å². The van der Waals surface area contributed by atoms with Crippen molar-refractivity contribution in [3.63, 3.8) is 0 Å². The molecule has 0 aromatic heterocycles. The van der Waals surface area contributed by atoms with Gasteiger partial charge < -0.3 is 10.8 Å². The minimum absolute atomic E-state index is 0.0168. The number of halogens is 3. The smallest absolute Gasteiger partial charge is 0.303 e. The number of benzene rings is 1. The first-order chi connectivity index (χ1) is 7.84. The summed E-state index contributed by atoms with van der Waals surface area (Å²) >= 11 is 9.84. The molecular weight excluding hydrogens is 422 g/mol. The van der Waals surface area contributed by atoms with E-state index < -0.39 is 11.9 Å². The number of aliphatic carboxylic acids is 1. The fourth-order valence-corrected chi connectivity index (χ4v) is 4.23. The summed E-state index contributed by atoms with van der Waals surface area (Å²) in [6.07, 6.45) is 0.293. The summed E-state index contributed by atoms with van der Waals surface area (Å²) < 4.78 is 1.80. The van der Waals surface area contributed by atoms with Crippen molar-refractivity contribution in [2.45, 2.75) is 12.8 Å². The Labute approximate surface area is 123 Å². The van der Waals surface area contributed by atoms with Crippen LogP contribution in [0.15, 0.2) is 19.5 Å². The predicted octanol–water partition coefficient (Wildman–Crippen LogP) is 3.09. The van der Waals surface area contributed by atoms with Crippen LogP contribution in [0, 0.1) is 0 Å². The Morgan fingerprint density at radius 1 is 1.24 bits per heavy atom. The highest BCUT2D eigenvalue weighted by Gasteiger charge is 2.18. The van der Waals surface area contributed by atoms with Gasteiger partial charge in [-0.2, -0.15) is 0 Å². The molecule has 0 saturated carbocycles. The van der Waals surface area contributed by atoms with Gasteiger partial charge in [0.15, 0.2) is 0 Å². The second-order valence-electron chi connectivity index (χ2n) is 3.27. The first kappa shape index (κ1) is 14.7. The monoisotopic (exact) mass is 427 g/mol. The van der Waals surface area contributed by atoms with Crippen LogP contribution in [0.2, 0.25) is 0 Å². The van der Waals surface area contributed by atoms with Crippen molar-refractivity contribution in [2.75, 3.05) is 0 Å². The molecule has 1 aromatic carbocycles. The lowest BCUT2D eigenvalue weighted by Gasteiger charge is -2.11. The van der Waals surface area contributed by atoms with E-state index in [-0.39, 0.29) is 6.42 Å². The van der Waals surface area contributed by atoms with Gasteiger partial charge in [-0.3, -0.25) is 9.59 Å². The number of primary amides is 1. The van der Waals surface area contributed by atoms with Crippen molar-refractivity contribution in [1.82, 2.24) is 0 Å². The second-order valence-corrected chi connectivity index (χ2v) is 5.77. The number of amides is 1. The molecule has 0 atom stereocenters. The van der Waals surface area contributed by atoms with Gasteiger partial charge in [-0.25, -0.2) is 0 Å². The Balaban J connectivity index is 3.25. The first-order valence-corrected chi connectivity index (χ1v) is 6.90. The molecule has 3 N–H and O–H groups in total. The molecule has 0 saturated heterocycles. The molecule has 0 aliphatic heterocycles. The lowest BCUT2D eigenvalue weighted by molar-refractivity contribution is -0.136. The van der Waals surface area contributed by atoms with Crippen LogP contribution in [-0.4, -0.2) is 17.0 Å². The van der Waals surface area contributed by atoms with E-state index in [1.807, 2.05) is 0 Å². The second kappa shape index (κ2) is 5.97. The molecule has 0 radical (unpaired) electrons. The van der Waals surface area contributed by atoms with Gasteiger partial charge in [0.2, 0.25) is 0 Å². The van der Waals surface area contributed by atoms with Crippen LogP contribution in [0.25, 0.3) is 0 Å². The van der Waals surface area contributed by atoms with Crippen LogP contribution in [0.4, 0.5) is 0 Å². The van der Waals surface area contributed by atoms with Gasteiger partial charge >= 0.3 is 5.97 Å². The molecule has 0 spiro atoms. The molecule has 1 amide bonds. The minimum Gasteiger partial charge on any atom is -0.481 e. The number of carboxylic acids is 1. The number of nitrogens with two attached hydrogens (primary N) is 1. The summed E-state index contributed by atoms with van der Waals surface area (Å²) in [6, 6.07) is 1.68. The van der Waals surface area contributed by atoms with E-state index >= 15 is 0 Å². The van der Waals surface area contributed by atoms with E-state index in [9.17, 15) is 9.59 Å². The molecule has 4 nitrogen and oxygen atoms in total. The van der Waals surface area contributed by atoms with Gasteiger partial charge in [0.05, 0.1) is 5.56 Å². The van der Waals surface area contributed by atoms with Gasteiger partial charge in [0, 0.05) is 19.8 Å². The van der Waals surface area contributed by atoms with Crippen LogP contribution >= 0.6 is 47.8 Å². The lowest BCUT2D eigenvalue weighted by atomic mass is 10.1. The van der Waals surface area contributed by atoms with E-state index in [2.05, 4.69) is 47.8 Å². The molecule has 0 bridgehead atoms. The highest BCUT2D eigenvalue weighted by molar-refractivity contribution is 9.11. The number of carbonyl (C=O) groups is 2. The third kappa shape index (κ3) is 3.53.